The van der Waals surface area contributed by atoms with Crippen LogP contribution in [0.25, 0.3) is 0 Å². The van der Waals surface area contributed by atoms with E-state index < -0.39 is 0 Å². The predicted molar refractivity (Wildman–Crippen MR) is 78.2 cm³/mol. The van der Waals surface area contributed by atoms with Crippen molar-refractivity contribution in [3.8, 4) is 0 Å². The van der Waals surface area contributed by atoms with Crippen molar-refractivity contribution in [1.29, 1.82) is 0 Å². The van der Waals surface area contributed by atoms with E-state index in [0.717, 1.165) is 12.2 Å². The molecule has 0 aliphatic heterocycles. The molecule has 0 saturated carbocycles. The Labute approximate surface area is 117 Å². The van der Waals surface area contributed by atoms with Crippen LogP contribution >= 0.6 is 11.8 Å². The lowest BCUT2D eigenvalue weighted by molar-refractivity contribution is 0.318. The number of hydrogen-bond donors (Lipinski definition) is 3. The first-order chi connectivity index (χ1) is 9.08. The second kappa shape index (κ2) is 8.01. The van der Waals surface area contributed by atoms with E-state index in [1.165, 1.54) is 6.07 Å². The van der Waals surface area contributed by atoms with Gasteiger partial charge >= 0.3 is 0 Å². The molecule has 0 radical (unpaired) electrons. The van der Waals surface area contributed by atoms with Crippen molar-refractivity contribution in [3.05, 3.63) is 35.1 Å². The average Bonchev–Trinajstić information content (AvgIpc) is 2.42. The smallest absolute Gasteiger partial charge is 0.170 e. The molecule has 0 aromatic heterocycles. The third-order valence-corrected chi connectivity index (χ3v) is 3.50. The standard InChI is InChI=1S/C13H20FN3OS/c1-9(5-6-19-2)16-8-11-4-3-10(7-12(11)14)13(15)17-18/h3-4,7,9,16,18H,5-6,8H2,1-2H3,(H2,15,17). The molecule has 4 nitrogen and oxygen atoms in total. The molecule has 0 aliphatic rings. The molecule has 6 heteroatoms. The summed E-state index contributed by atoms with van der Waals surface area (Å²) >= 11 is 1.80. The quantitative estimate of drug-likeness (QED) is 0.311. The molecule has 0 aliphatic carbocycles. The molecule has 1 unspecified atom stereocenters. The summed E-state index contributed by atoms with van der Waals surface area (Å²) in [5.74, 6) is 0.638. The Kier molecular flexibility index (Phi) is 6.66. The molecule has 0 saturated heterocycles. The first-order valence-electron chi connectivity index (χ1n) is 6.07. The minimum Gasteiger partial charge on any atom is -0.409 e. The molecule has 0 spiro atoms. The molecule has 106 valence electrons. The van der Waals surface area contributed by atoms with Gasteiger partial charge in [0.25, 0.3) is 0 Å². The third kappa shape index (κ3) is 5.08. The summed E-state index contributed by atoms with van der Waals surface area (Å²) in [5, 5.41) is 14.7. The lowest BCUT2D eigenvalue weighted by atomic mass is 10.1. The molecule has 0 heterocycles. The molecule has 4 N–H and O–H groups in total. The Morgan fingerprint density at radius 2 is 2.32 bits per heavy atom. The fourth-order valence-electron chi connectivity index (χ4n) is 1.59. The van der Waals surface area contributed by atoms with Crippen molar-refractivity contribution < 1.29 is 9.60 Å². The predicted octanol–water partition coefficient (Wildman–Crippen LogP) is 2.15. The third-order valence-electron chi connectivity index (χ3n) is 2.85. The molecule has 1 aromatic carbocycles. The van der Waals surface area contributed by atoms with Crippen LogP contribution in [-0.2, 0) is 6.54 Å². The molecule has 1 atom stereocenters. The number of amidine groups is 1. The van der Waals surface area contributed by atoms with E-state index in [2.05, 4.69) is 23.7 Å². The number of halogens is 1. The highest BCUT2D eigenvalue weighted by Crippen LogP contribution is 2.11. The van der Waals surface area contributed by atoms with Crippen LogP contribution in [0.3, 0.4) is 0 Å². The van der Waals surface area contributed by atoms with E-state index in [4.69, 9.17) is 10.9 Å². The van der Waals surface area contributed by atoms with E-state index in [1.807, 2.05) is 0 Å². The maximum atomic E-state index is 13.8. The maximum Gasteiger partial charge on any atom is 0.170 e. The summed E-state index contributed by atoms with van der Waals surface area (Å²) in [6.45, 7) is 2.55. The SMILES string of the molecule is CSCCC(C)NCc1ccc(/C(N)=N/O)cc1F. The van der Waals surface area contributed by atoms with Crippen LogP contribution in [0.2, 0.25) is 0 Å². The summed E-state index contributed by atoms with van der Waals surface area (Å²) in [6.07, 6.45) is 3.11. The van der Waals surface area contributed by atoms with Gasteiger partial charge in [-0.15, -0.1) is 0 Å². The van der Waals surface area contributed by atoms with Gasteiger partial charge in [-0.3, -0.25) is 0 Å². The molecule has 19 heavy (non-hydrogen) atoms. The van der Waals surface area contributed by atoms with Crippen molar-refractivity contribution in [2.45, 2.75) is 25.9 Å². The number of oxime groups is 1. The van der Waals surface area contributed by atoms with Gasteiger partial charge < -0.3 is 16.3 Å². The number of rotatable bonds is 7. The van der Waals surface area contributed by atoms with Gasteiger partial charge in [0, 0.05) is 23.7 Å². The van der Waals surface area contributed by atoms with E-state index in [0.29, 0.717) is 23.7 Å². The van der Waals surface area contributed by atoms with Crippen molar-refractivity contribution in [1.82, 2.24) is 5.32 Å². The highest BCUT2D eigenvalue weighted by atomic mass is 32.2. The van der Waals surface area contributed by atoms with Gasteiger partial charge in [-0.2, -0.15) is 11.8 Å². The normalized spacial score (nSPS) is 13.5. The highest BCUT2D eigenvalue weighted by Gasteiger charge is 2.08. The van der Waals surface area contributed by atoms with Crippen molar-refractivity contribution in [3.63, 3.8) is 0 Å². The van der Waals surface area contributed by atoms with E-state index >= 15 is 0 Å². The molecule has 0 amide bonds. The molecule has 0 fully saturated rings. The number of thioether (sulfide) groups is 1. The minimum atomic E-state index is -0.353. The Bertz CT molecular complexity index is 440. The monoisotopic (exact) mass is 285 g/mol. The van der Waals surface area contributed by atoms with Gasteiger partial charge in [-0.05, 0) is 31.4 Å². The fourth-order valence-corrected chi connectivity index (χ4v) is 2.18. The molecular weight excluding hydrogens is 265 g/mol. The second-order valence-electron chi connectivity index (χ2n) is 4.35. The van der Waals surface area contributed by atoms with Gasteiger partial charge in [0.05, 0.1) is 0 Å². The number of hydrogen-bond acceptors (Lipinski definition) is 4. The zero-order valence-electron chi connectivity index (χ0n) is 11.2. The summed E-state index contributed by atoms with van der Waals surface area (Å²) in [4.78, 5) is 0. The largest absolute Gasteiger partial charge is 0.409 e. The Morgan fingerprint density at radius 3 is 2.89 bits per heavy atom. The van der Waals surface area contributed by atoms with Crippen LogP contribution in [-0.4, -0.2) is 29.1 Å². The molecule has 1 aromatic rings. The van der Waals surface area contributed by atoms with Gasteiger partial charge in [-0.25, -0.2) is 4.39 Å². The zero-order valence-corrected chi connectivity index (χ0v) is 12.0. The van der Waals surface area contributed by atoms with E-state index in [1.54, 1.807) is 23.9 Å². The van der Waals surface area contributed by atoms with E-state index in [9.17, 15) is 4.39 Å². The summed E-state index contributed by atoms with van der Waals surface area (Å²) in [6, 6.07) is 4.91. The summed E-state index contributed by atoms with van der Waals surface area (Å²) in [5.41, 5.74) is 6.35. The number of nitrogens with one attached hydrogen (secondary N) is 1. The van der Waals surface area contributed by atoms with E-state index in [-0.39, 0.29) is 11.7 Å². The van der Waals surface area contributed by atoms with Crippen molar-refractivity contribution in [2.75, 3.05) is 12.0 Å². The van der Waals surface area contributed by atoms with Crippen molar-refractivity contribution in [2.24, 2.45) is 10.9 Å². The Hall–Kier alpha value is -1.27. The molecular formula is C13H20FN3OS. The fraction of sp³-hybridized carbons (Fsp3) is 0.462. The Balaban J connectivity index is 2.60. The molecule has 1 rings (SSSR count). The number of benzene rings is 1. The van der Waals surface area contributed by atoms with Gasteiger partial charge in [0.15, 0.2) is 5.84 Å². The van der Waals surface area contributed by atoms with Crippen molar-refractivity contribution >= 4 is 17.6 Å². The lowest BCUT2D eigenvalue weighted by Gasteiger charge is -2.13. The zero-order chi connectivity index (χ0) is 14.3. The van der Waals surface area contributed by atoms with Gasteiger partial charge in [0.1, 0.15) is 5.82 Å². The van der Waals surface area contributed by atoms with Crippen LogP contribution < -0.4 is 11.1 Å². The topological polar surface area (TPSA) is 70.6 Å². The first-order valence-corrected chi connectivity index (χ1v) is 7.46. The van der Waals surface area contributed by atoms with Crippen LogP contribution in [0, 0.1) is 5.82 Å². The number of nitrogens with zero attached hydrogens (tertiary/aromatic N) is 1. The van der Waals surface area contributed by atoms with Gasteiger partial charge in [0.2, 0.25) is 0 Å². The maximum absolute atomic E-state index is 13.8. The van der Waals surface area contributed by atoms with Crippen LogP contribution in [0.5, 0.6) is 0 Å². The lowest BCUT2D eigenvalue weighted by Crippen LogP contribution is -2.26. The number of nitrogens with two attached hydrogens (primary N) is 1. The molecule has 0 bridgehead atoms. The van der Waals surface area contributed by atoms with Crippen LogP contribution in [0.1, 0.15) is 24.5 Å². The average molecular weight is 285 g/mol. The summed E-state index contributed by atoms with van der Waals surface area (Å²) < 4.78 is 13.8. The van der Waals surface area contributed by atoms with Crippen LogP contribution in [0.4, 0.5) is 4.39 Å². The van der Waals surface area contributed by atoms with Gasteiger partial charge in [-0.1, -0.05) is 17.3 Å². The Morgan fingerprint density at radius 1 is 1.58 bits per heavy atom. The first kappa shape index (κ1) is 15.8. The van der Waals surface area contributed by atoms with Crippen LogP contribution in [0.15, 0.2) is 23.4 Å². The second-order valence-corrected chi connectivity index (χ2v) is 5.34. The minimum absolute atomic E-state index is 0.0910. The summed E-state index contributed by atoms with van der Waals surface area (Å²) in [7, 11) is 0. The highest BCUT2D eigenvalue weighted by molar-refractivity contribution is 7.98.